The van der Waals surface area contributed by atoms with Crippen molar-refractivity contribution in [1.82, 2.24) is 9.62 Å². The maximum Gasteiger partial charge on any atom is 0.264 e. The number of nitrogens with one attached hydrogen (secondary N) is 1. The molecule has 2 aromatic carbocycles. The van der Waals surface area contributed by atoms with Gasteiger partial charge < -0.3 is 19.1 Å². The Balaban J connectivity index is 1.15. The van der Waals surface area contributed by atoms with Crippen molar-refractivity contribution in [2.75, 3.05) is 57.5 Å². The minimum absolute atomic E-state index is 0.0731. The molecule has 9 nitrogen and oxygen atoms in total. The second-order valence-corrected chi connectivity index (χ2v) is 19.3. The summed E-state index contributed by atoms with van der Waals surface area (Å²) in [6.07, 6.45) is 12.8. The number of fused-ring (bicyclic) bond motifs is 4. The number of ether oxygens (including phenoxy) is 3. The van der Waals surface area contributed by atoms with Gasteiger partial charge in [-0.2, -0.15) is 0 Å². The van der Waals surface area contributed by atoms with Gasteiger partial charge in [0.1, 0.15) is 5.75 Å². The Morgan fingerprint density at radius 3 is 2.70 bits per heavy atom. The van der Waals surface area contributed by atoms with E-state index in [0.29, 0.717) is 49.4 Å². The third-order valence-electron chi connectivity index (χ3n) is 13.2. The van der Waals surface area contributed by atoms with Crippen molar-refractivity contribution in [3.8, 4) is 5.75 Å². The van der Waals surface area contributed by atoms with E-state index in [2.05, 4.69) is 45.7 Å². The van der Waals surface area contributed by atoms with Crippen molar-refractivity contribution in [3.05, 3.63) is 70.3 Å². The van der Waals surface area contributed by atoms with Crippen LogP contribution in [0.25, 0.3) is 0 Å². The molecule has 53 heavy (non-hydrogen) atoms. The summed E-state index contributed by atoms with van der Waals surface area (Å²) in [7, 11) is -3.95. The lowest BCUT2D eigenvalue weighted by Crippen LogP contribution is -2.50. The summed E-state index contributed by atoms with van der Waals surface area (Å²) in [5, 5.41) is 0.0939. The molecule has 3 aliphatic heterocycles. The number of carbonyl (C=O) groups is 1. The quantitative estimate of drug-likeness (QED) is 0.322. The van der Waals surface area contributed by atoms with Crippen LogP contribution < -0.4 is 14.4 Å². The van der Waals surface area contributed by atoms with E-state index in [-0.39, 0.29) is 23.5 Å². The molecule has 2 saturated carbocycles. The van der Waals surface area contributed by atoms with Crippen molar-refractivity contribution < 1.29 is 27.4 Å². The molecule has 1 amide bonds. The minimum Gasteiger partial charge on any atom is -0.490 e. The molecule has 7 atom stereocenters. The van der Waals surface area contributed by atoms with Crippen LogP contribution in [0.5, 0.6) is 5.75 Å². The SMILES string of the molecule is C[C@@H]1C/C=C\[C@H](OC[C@@H](C)N2CCOCC2)[C@@H]2CC[C@H]2CN2C[C@@]3(CCCc4cc(Cl)ccc43)COc3ccc(cc32)C(=O)NS(=O)(=O)[C@H]1CC1CC1. The van der Waals surface area contributed by atoms with Crippen LogP contribution in [0.3, 0.4) is 0 Å². The van der Waals surface area contributed by atoms with Crippen molar-refractivity contribution in [2.45, 2.75) is 94.4 Å². The van der Waals surface area contributed by atoms with Gasteiger partial charge in [-0.3, -0.25) is 9.69 Å². The number of nitrogens with zero attached hydrogens (tertiary/aromatic N) is 2. The number of benzene rings is 2. The highest BCUT2D eigenvalue weighted by atomic mass is 35.5. The van der Waals surface area contributed by atoms with Crippen LogP contribution in [0, 0.1) is 23.7 Å². The van der Waals surface area contributed by atoms with Crippen molar-refractivity contribution >= 4 is 33.2 Å². The zero-order chi connectivity index (χ0) is 36.7. The van der Waals surface area contributed by atoms with Gasteiger partial charge >= 0.3 is 0 Å². The van der Waals surface area contributed by atoms with Crippen molar-refractivity contribution in [1.29, 1.82) is 0 Å². The Bertz CT molecular complexity index is 1790. The average molecular weight is 766 g/mol. The van der Waals surface area contributed by atoms with E-state index < -0.39 is 21.2 Å². The number of anilines is 1. The van der Waals surface area contributed by atoms with Crippen LogP contribution >= 0.6 is 11.6 Å². The number of hydrogen-bond donors (Lipinski definition) is 1. The van der Waals surface area contributed by atoms with Gasteiger partial charge in [-0.25, -0.2) is 13.1 Å². The van der Waals surface area contributed by atoms with Gasteiger partial charge in [-0.1, -0.05) is 49.6 Å². The fraction of sp³-hybridized carbons (Fsp3) is 0.643. The topological polar surface area (TPSA) is 97.4 Å². The van der Waals surface area contributed by atoms with Gasteiger partial charge in [0.15, 0.2) is 0 Å². The third-order valence-corrected chi connectivity index (χ3v) is 15.4. The number of sulfonamides is 1. The van der Waals surface area contributed by atoms with Gasteiger partial charge in [0.2, 0.25) is 10.0 Å². The lowest BCUT2D eigenvalue weighted by Gasteiger charge is -2.46. The van der Waals surface area contributed by atoms with Gasteiger partial charge in [0.25, 0.3) is 5.91 Å². The molecule has 288 valence electrons. The molecule has 11 heteroatoms. The first-order valence-electron chi connectivity index (χ1n) is 20.1. The zero-order valence-electron chi connectivity index (χ0n) is 31.3. The molecule has 0 unspecified atom stereocenters. The summed E-state index contributed by atoms with van der Waals surface area (Å²) in [5.41, 5.74) is 3.50. The van der Waals surface area contributed by atoms with Crippen molar-refractivity contribution in [3.63, 3.8) is 0 Å². The smallest absolute Gasteiger partial charge is 0.264 e. The Hall–Kier alpha value is -2.63. The van der Waals surface area contributed by atoms with E-state index >= 15 is 0 Å². The molecule has 2 bridgehead atoms. The molecule has 6 aliphatic rings. The summed E-state index contributed by atoms with van der Waals surface area (Å²) in [6, 6.07) is 12.0. The van der Waals surface area contributed by atoms with E-state index in [1.807, 2.05) is 25.1 Å². The molecule has 8 rings (SSSR count). The van der Waals surface area contributed by atoms with Crippen LogP contribution in [0.15, 0.2) is 48.6 Å². The van der Waals surface area contributed by atoms with Crippen LogP contribution in [0.4, 0.5) is 5.69 Å². The lowest BCUT2D eigenvalue weighted by molar-refractivity contribution is -0.0499. The maximum atomic E-state index is 14.0. The number of allylic oxidation sites excluding steroid dienone is 1. The van der Waals surface area contributed by atoms with E-state index in [1.54, 1.807) is 6.07 Å². The summed E-state index contributed by atoms with van der Waals surface area (Å²) in [4.78, 5) is 18.7. The predicted octanol–water partition coefficient (Wildman–Crippen LogP) is 6.77. The van der Waals surface area contributed by atoms with E-state index in [4.69, 9.17) is 25.8 Å². The molecule has 3 heterocycles. The van der Waals surface area contributed by atoms with E-state index in [0.717, 1.165) is 101 Å². The fourth-order valence-electron chi connectivity index (χ4n) is 9.68. The lowest BCUT2D eigenvalue weighted by atomic mass is 9.68. The molecule has 0 aromatic heterocycles. The second kappa shape index (κ2) is 15.5. The van der Waals surface area contributed by atoms with E-state index in [1.165, 1.54) is 11.1 Å². The summed E-state index contributed by atoms with van der Waals surface area (Å²) in [6.45, 7) is 10.3. The largest absolute Gasteiger partial charge is 0.490 e. The molecule has 1 spiro atoms. The maximum absolute atomic E-state index is 14.0. The Labute approximate surface area is 320 Å². The van der Waals surface area contributed by atoms with Crippen LogP contribution in [0.1, 0.15) is 86.7 Å². The molecular weight excluding hydrogens is 710 g/mol. The monoisotopic (exact) mass is 765 g/mol. The van der Waals surface area contributed by atoms with Crippen LogP contribution in [0.2, 0.25) is 5.02 Å². The Kier molecular flexibility index (Phi) is 10.9. The van der Waals surface area contributed by atoms with Gasteiger partial charge in [0, 0.05) is 48.2 Å². The highest BCUT2D eigenvalue weighted by Crippen LogP contribution is 2.47. The molecule has 1 saturated heterocycles. The minimum atomic E-state index is -3.95. The van der Waals surface area contributed by atoms with Gasteiger partial charge in [0.05, 0.1) is 43.5 Å². The average Bonchev–Trinajstić information content (AvgIpc) is 3.98. The third kappa shape index (κ3) is 8.04. The summed E-state index contributed by atoms with van der Waals surface area (Å²) in [5.74, 6) is 1.09. The van der Waals surface area contributed by atoms with Crippen LogP contribution in [-0.4, -0.2) is 89.2 Å². The number of carbonyl (C=O) groups excluding carboxylic acids is 1. The van der Waals surface area contributed by atoms with Gasteiger partial charge in [-0.05, 0) is 117 Å². The first-order chi connectivity index (χ1) is 25.6. The number of hydrogen-bond acceptors (Lipinski definition) is 8. The normalized spacial score (nSPS) is 33.0. The molecule has 3 fully saturated rings. The summed E-state index contributed by atoms with van der Waals surface area (Å²) < 4.78 is 49.8. The fourth-order valence-corrected chi connectivity index (χ4v) is 11.6. The number of rotatable bonds is 6. The predicted molar refractivity (Wildman–Crippen MR) is 208 cm³/mol. The standard InChI is InChI=1S/C42H56ClN3O6S/c1-28-5-3-7-38(51-25-29(2)45-17-19-50-20-18-45)35-13-10-33(35)24-46-26-42(16-4-6-31-22-34(43)12-14-36(31)42)27-52-39-15-11-32(23-37(39)46)41(47)44-53(48,49)40(28)21-30-8-9-30/h3,7,11-12,14-15,22-23,28-30,33,35,38,40H,4-6,8-10,13,16-21,24-27H2,1-2H3,(H,44,47)/b7-3-/t28-,29-,33+,35-,38+,40+,42+/m1/s1. The van der Waals surface area contributed by atoms with Crippen LogP contribution in [-0.2, 0) is 31.3 Å². The summed E-state index contributed by atoms with van der Waals surface area (Å²) >= 11 is 6.50. The zero-order valence-corrected chi connectivity index (χ0v) is 32.9. The number of morpholine rings is 1. The van der Waals surface area contributed by atoms with Crippen molar-refractivity contribution in [2.24, 2.45) is 23.7 Å². The van der Waals surface area contributed by atoms with E-state index in [9.17, 15) is 13.2 Å². The first kappa shape index (κ1) is 37.3. The first-order valence-corrected chi connectivity index (χ1v) is 22.0. The molecule has 2 aromatic rings. The van der Waals surface area contributed by atoms with Gasteiger partial charge in [-0.15, -0.1) is 0 Å². The molecule has 3 aliphatic carbocycles. The Morgan fingerprint density at radius 2 is 1.92 bits per heavy atom. The highest BCUT2D eigenvalue weighted by Gasteiger charge is 2.45. The molecule has 1 N–H and O–H groups in total. The molecular formula is C42H56ClN3O6S. The Morgan fingerprint density at radius 1 is 1.09 bits per heavy atom. The highest BCUT2D eigenvalue weighted by molar-refractivity contribution is 7.90. The number of amides is 1. The second-order valence-electron chi connectivity index (χ2n) is 16.9. The number of halogens is 1. The molecule has 0 radical (unpaired) electrons. The number of aryl methyl sites for hydroxylation is 1.